The molecule has 1 aliphatic rings. The number of ketones is 1. The lowest BCUT2D eigenvalue weighted by Gasteiger charge is -2.21. The standard InChI is InChI=1S/C13H22O3/c1-10(14)12(13(15)16)9-5-8-11-6-3-2-4-7-11/h11-12H,2-9H2,1H3,(H,15,16). The van der Waals surface area contributed by atoms with Crippen molar-refractivity contribution in [2.24, 2.45) is 11.8 Å². The van der Waals surface area contributed by atoms with Gasteiger partial charge in [0, 0.05) is 0 Å². The van der Waals surface area contributed by atoms with Gasteiger partial charge in [0.25, 0.3) is 0 Å². The topological polar surface area (TPSA) is 54.4 Å². The van der Waals surface area contributed by atoms with Crippen molar-refractivity contribution in [3.05, 3.63) is 0 Å². The molecule has 0 saturated heterocycles. The lowest BCUT2D eigenvalue weighted by atomic mass is 9.84. The van der Waals surface area contributed by atoms with Crippen LogP contribution in [-0.2, 0) is 9.59 Å². The Labute approximate surface area is 97.2 Å². The van der Waals surface area contributed by atoms with Crippen LogP contribution in [0.2, 0.25) is 0 Å². The number of carboxylic acid groups (broad SMARTS) is 1. The third-order valence-electron chi connectivity index (χ3n) is 3.62. The molecular formula is C13H22O3. The maximum atomic E-state index is 11.1. The molecule has 3 heteroatoms. The Morgan fingerprint density at radius 2 is 1.88 bits per heavy atom. The zero-order valence-electron chi connectivity index (χ0n) is 10.1. The molecule has 3 nitrogen and oxygen atoms in total. The lowest BCUT2D eigenvalue weighted by Crippen LogP contribution is -2.21. The monoisotopic (exact) mass is 226 g/mol. The van der Waals surface area contributed by atoms with Crippen LogP contribution in [0.25, 0.3) is 0 Å². The van der Waals surface area contributed by atoms with Gasteiger partial charge in [-0.2, -0.15) is 0 Å². The predicted octanol–water partition coefficient (Wildman–Crippen LogP) is 3.03. The molecule has 1 fully saturated rings. The van der Waals surface area contributed by atoms with Crippen molar-refractivity contribution in [1.29, 1.82) is 0 Å². The number of rotatable bonds is 6. The van der Waals surface area contributed by atoms with Gasteiger partial charge in [-0.25, -0.2) is 0 Å². The minimum Gasteiger partial charge on any atom is -0.481 e. The quantitative estimate of drug-likeness (QED) is 0.708. The third kappa shape index (κ3) is 4.33. The van der Waals surface area contributed by atoms with E-state index in [-0.39, 0.29) is 5.78 Å². The highest BCUT2D eigenvalue weighted by Gasteiger charge is 2.22. The maximum absolute atomic E-state index is 11.1. The van der Waals surface area contributed by atoms with Crippen LogP contribution in [0.15, 0.2) is 0 Å². The first kappa shape index (κ1) is 13.2. The largest absolute Gasteiger partial charge is 0.481 e. The minimum absolute atomic E-state index is 0.212. The maximum Gasteiger partial charge on any atom is 0.314 e. The molecule has 1 N–H and O–H groups in total. The van der Waals surface area contributed by atoms with Gasteiger partial charge in [-0.3, -0.25) is 9.59 Å². The van der Waals surface area contributed by atoms with Crippen molar-refractivity contribution in [2.45, 2.75) is 58.3 Å². The van der Waals surface area contributed by atoms with E-state index >= 15 is 0 Å². The Balaban J connectivity index is 2.22. The Morgan fingerprint density at radius 3 is 2.38 bits per heavy atom. The molecule has 1 atom stereocenters. The number of Topliss-reactive ketones (excluding diaryl/α,β-unsaturated/α-hetero) is 1. The number of carbonyl (C=O) groups excluding carboxylic acids is 1. The highest BCUT2D eigenvalue weighted by molar-refractivity contribution is 5.96. The summed E-state index contributed by atoms with van der Waals surface area (Å²) in [4.78, 5) is 21.9. The molecule has 0 radical (unpaired) electrons. The summed E-state index contributed by atoms with van der Waals surface area (Å²) in [5.41, 5.74) is 0. The van der Waals surface area contributed by atoms with Gasteiger partial charge < -0.3 is 5.11 Å². The van der Waals surface area contributed by atoms with Crippen LogP contribution in [0, 0.1) is 11.8 Å². The van der Waals surface area contributed by atoms with Gasteiger partial charge in [-0.1, -0.05) is 44.9 Å². The molecule has 16 heavy (non-hydrogen) atoms. The molecule has 0 amide bonds. The molecule has 0 aromatic carbocycles. The average molecular weight is 226 g/mol. The summed E-state index contributed by atoms with van der Waals surface area (Å²) in [6.07, 6.45) is 9.05. The first-order chi connectivity index (χ1) is 7.61. The Kier molecular flexibility index (Phi) is 5.50. The van der Waals surface area contributed by atoms with Crippen LogP contribution in [0.5, 0.6) is 0 Å². The van der Waals surface area contributed by atoms with Gasteiger partial charge in [-0.05, 0) is 19.3 Å². The van der Waals surface area contributed by atoms with Crippen molar-refractivity contribution in [3.8, 4) is 0 Å². The second kappa shape index (κ2) is 6.66. The van der Waals surface area contributed by atoms with E-state index in [0.717, 1.165) is 18.8 Å². The van der Waals surface area contributed by atoms with Crippen molar-refractivity contribution < 1.29 is 14.7 Å². The van der Waals surface area contributed by atoms with Crippen LogP contribution in [0.1, 0.15) is 58.3 Å². The van der Waals surface area contributed by atoms with Gasteiger partial charge >= 0.3 is 5.97 Å². The van der Waals surface area contributed by atoms with E-state index in [4.69, 9.17) is 5.11 Å². The van der Waals surface area contributed by atoms with E-state index in [9.17, 15) is 9.59 Å². The zero-order valence-corrected chi connectivity index (χ0v) is 10.1. The molecular weight excluding hydrogens is 204 g/mol. The molecule has 92 valence electrons. The van der Waals surface area contributed by atoms with Crippen molar-refractivity contribution in [3.63, 3.8) is 0 Å². The smallest absolute Gasteiger partial charge is 0.314 e. The van der Waals surface area contributed by atoms with Gasteiger partial charge in [0.1, 0.15) is 11.7 Å². The van der Waals surface area contributed by atoms with Crippen LogP contribution < -0.4 is 0 Å². The second-order valence-corrected chi connectivity index (χ2v) is 4.94. The first-order valence-electron chi connectivity index (χ1n) is 6.34. The zero-order chi connectivity index (χ0) is 12.0. The van der Waals surface area contributed by atoms with Crippen LogP contribution in [0.3, 0.4) is 0 Å². The van der Waals surface area contributed by atoms with E-state index in [1.165, 1.54) is 39.0 Å². The molecule has 1 rings (SSSR count). The normalized spacial score (nSPS) is 19.3. The van der Waals surface area contributed by atoms with Crippen molar-refractivity contribution in [2.75, 3.05) is 0 Å². The fraction of sp³-hybridized carbons (Fsp3) is 0.846. The Bertz CT molecular complexity index is 228. The van der Waals surface area contributed by atoms with Gasteiger partial charge in [-0.15, -0.1) is 0 Å². The lowest BCUT2D eigenvalue weighted by molar-refractivity contribution is -0.146. The molecule has 1 saturated carbocycles. The van der Waals surface area contributed by atoms with Crippen molar-refractivity contribution >= 4 is 11.8 Å². The second-order valence-electron chi connectivity index (χ2n) is 4.94. The highest BCUT2D eigenvalue weighted by Crippen LogP contribution is 2.28. The summed E-state index contributed by atoms with van der Waals surface area (Å²) in [6.45, 7) is 1.37. The van der Waals surface area contributed by atoms with Crippen LogP contribution in [0.4, 0.5) is 0 Å². The van der Waals surface area contributed by atoms with Crippen LogP contribution >= 0.6 is 0 Å². The first-order valence-corrected chi connectivity index (χ1v) is 6.34. The van der Waals surface area contributed by atoms with Gasteiger partial charge in [0.2, 0.25) is 0 Å². The number of carboxylic acids is 1. The van der Waals surface area contributed by atoms with E-state index in [1.807, 2.05) is 0 Å². The average Bonchev–Trinajstić information content (AvgIpc) is 2.24. The number of carbonyl (C=O) groups is 2. The fourth-order valence-corrected chi connectivity index (χ4v) is 2.59. The number of hydrogen-bond donors (Lipinski definition) is 1. The number of aliphatic carboxylic acids is 1. The Morgan fingerprint density at radius 1 is 1.25 bits per heavy atom. The summed E-state index contributed by atoms with van der Waals surface area (Å²) < 4.78 is 0. The molecule has 0 bridgehead atoms. The molecule has 0 aromatic heterocycles. The molecule has 0 spiro atoms. The van der Waals surface area contributed by atoms with Gasteiger partial charge in [0.05, 0.1) is 0 Å². The molecule has 0 aromatic rings. The highest BCUT2D eigenvalue weighted by atomic mass is 16.4. The van der Waals surface area contributed by atoms with E-state index < -0.39 is 11.9 Å². The van der Waals surface area contributed by atoms with Gasteiger partial charge in [0.15, 0.2) is 0 Å². The summed E-state index contributed by atoms with van der Waals surface area (Å²) in [5, 5.41) is 8.86. The molecule has 1 aliphatic carbocycles. The van der Waals surface area contributed by atoms with E-state index in [0.29, 0.717) is 6.42 Å². The van der Waals surface area contributed by atoms with E-state index in [2.05, 4.69) is 0 Å². The SMILES string of the molecule is CC(=O)C(CCCC1CCCCC1)C(=O)O. The van der Waals surface area contributed by atoms with E-state index in [1.54, 1.807) is 0 Å². The fourth-order valence-electron chi connectivity index (χ4n) is 2.59. The Hall–Kier alpha value is -0.860. The summed E-state index contributed by atoms with van der Waals surface area (Å²) >= 11 is 0. The molecule has 1 unspecified atom stereocenters. The summed E-state index contributed by atoms with van der Waals surface area (Å²) in [7, 11) is 0. The predicted molar refractivity (Wildman–Crippen MR) is 62.2 cm³/mol. The summed E-state index contributed by atoms with van der Waals surface area (Å²) in [5.74, 6) is -1.17. The molecule has 0 aliphatic heterocycles. The van der Waals surface area contributed by atoms with Crippen LogP contribution in [-0.4, -0.2) is 16.9 Å². The molecule has 0 heterocycles. The van der Waals surface area contributed by atoms with Crippen molar-refractivity contribution in [1.82, 2.24) is 0 Å². The third-order valence-corrected chi connectivity index (χ3v) is 3.62. The minimum atomic E-state index is -0.962. The number of hydrogen-bond acceptors (Lipinski definition) is 2. The summed E-state index contributed by atoms with van der Waals surface area (Å²) in [6, 6.07) is 0.